The van der Waals surface area contributed by atoms with Gasteiger partial charge in [0.15, 0.2) is 5.13 Å². The maximum absolute atomic E-state index is 14.1. The predicted octanol–water partition coefficient (Wildman–Crippen LogP) is 7.27. The van der Waals surface area contributed by atoms with Crippen LogP contribution in [0.5, 0.6) is 0 Å². The first-order chi connectivity index (χ1) is 17.0. The van der Waals surface area contributed by atoms with Crippen LogP contribution in [0.3, 0.4) is 0 Å². The highest BCUT2D eigenvalue weighted by molar-refractivity contribution is 7.22. The lowest BCUT2D eigenvalue weighted by molar-refractivity contribution is 0.277. The number of thiazole rings is 1. The molecule has 178 valence electrons. The van der Waals surface area contributed by atoms with Gasteiger partial charge in [0.05, 0.1) is 26.1 Å². The molecule has 5 nitrogen and oxygen atoms in total. The lowest BCUT2D eigenvalue weighted by Crippen LogP contribution is -2.42. The minimum Gasteiger partial charge on any atom is -0.348 e. The van der Waals surface area contributed by atoms with E-state index in [4.69, 9.17) is 23.2 Å². The van der Waals surface area contributed by atoms with Crippen LogP contribution in [0.4, 0.5) is 9.52 Å². The molecule has 3 aliphatic rings. The Labute approximate surface area is 216 Å². The average molecular weight is 526 g/mol. The highest BCUT2D eigenvalue weighted by Gasteiger charge is 2.44. The molecule has 0 radical (unpaired) electrons. The molecule has 4 aromatic rings. The minimum absolute atomic E-state index is 0.175. The monoisotopic (exact) mass is 525 g/mol. The zero-order valence-corrected chi connectivity index (χ0v) is 21.2. The Morgan fingerprint density at radius 1 is 1.03 bits per heavy atom. The van der Waals surface area contributed by atoms with E-state index in [0.29, 0.717) is 27.2 Å². The molecule has 2 aromatic carbocycles. The standard InChI is InChI=1S/C26H22Cl2FN5S/c27-17-3-1-4-18(28)24(17)34-23(21(31-32-34)15-7-8-15)16-13-26(14-16)9-11-33(12-10-26)25-30-22-19(29)5-2-6-20(22)35-25/h1-6,13,15H,7-12,14H2. The first-order valence-electron chi connectivity index (χ1n) is 11.9. The Morgan fingerprint density at radius 2 is 1.74 bits per heavy atom. The molecule has 7 rings (SSSR count). The molecule has 1 aliphatic heterocycles. The molecule has 2 aliphatic carbocycles. The molecule has 1 spiro atoms. The van der Waals surface area contributed by atoms with E-state index < -0.39 is 0 Å². The Balaban J connectivity index is 1.16. The second-order valence-electron chi connectivity index (χ2n) is 9.86. The van der Waals surface area contributed by atoms with Gasteiger partial charge >= 0.3 is 0 Å². The molecule has 1 saturated heterocycles. The van der Waals surface area contributed by atoms with Gasteiger partial charge in [0.1, 0.15) is 17.0 Å². The van der Waals surface area contributed by atoms with Crippen molar-refractivity contribution in [3.05, 3.63) is 69.7 Å². The van der Waals surface area contributed by atoms with Crippen molar-refractivity contribution in [1.82, 2.24) is 20.0 Å². The highest BCUT2D eigenvalue weighted by Crippen LogP contribution is 2.54. The van der Waals surface area contributed by atoms with Crippen LogP contribution in [0.15, 0.2) is 42.5 Å². The van der Waals surface area contributed by atoms with Crippen molar-refractivity contribution in [2.75, 3.05) is 18.0 Å². The van der Waals surface area contributed by atoms with E-state index in [9.17, 15) is 4.39 Å². The minimum atomic E-state index is -0.250. The van der Waals surface area contributed by atoms with Gasteiger partial charge in [-0.1, -0.05) is 58.0 Å². The van der Waals surface area contributed by atoms with Crippen LogP contribution in [0.25, 0.3) is 21.5 Å². The van der Waals surface area contributed by atoms with Crippen molar-refractivity contribution in [1.29, 1.82) is 0 Å². The largest absolute Gasteiger partial charge is 0.348 e. The van der Waals surface area contributed by atoms with E-state index in [0.717, 1.165) is 66.4 Å². The number of benzene rings is 2. The summed E-state index contributed by atoms with van der Waals surface area (Å²) in [6.45, 7) is 1.82. The molecule has 0 bridgehead atoms. The number of halogens is 3. The maximum atomic E-state index is 14.1. The van der Waals surface area contributed by atoms with Crippen LogP contribution in [0.2, 0.25) is 10.0 Å². The number of hydrogen-bond acceptors (Lipinski definition) is 5. The van der Waals surface area contributed by atoms with Gasteiger partial charge in [-0.15, -0.1) is 5.10 Å². The Hall–Kier alpha value is -2.48. The Kier molecular flexibility index (Phi) is 4.99. The second kappa shape index (κ2) is 8.02. The molecule has 0 N–H and O–H groups in total. The normalized spacial score (nSPS) is 19.3. The third-order valence-electron chi connectivity index (χ3n) is 7.53. The number of nitrogens with zero attached hydrogens (tertiary/aromatic N) is 5. The number of para-hydroxylation sites is 2. The van der Waals surface area contributed by atoms with Crippen LogP contribution in [-0.2, 0) is 0 Å². The lowest BCUT2D eigenvalue weighted by atomic mass is 9.64. The number of fused-ring (bicyclic) bond motifs is 1. The fourth-order valence-corrected chi connectivity index (χ4v) is 7.04. The first kappa shape index (κ1) is 21.8. The zero-order valence-electron chi connectivity index (χ0n) is 18.8. The van der Waals surface area contributed by atoms with E-state index in [2.05, 4.69) is 26.3 Å². The molecule has 0 unspecified atom stereocenters. The third-order valence-corrected chi connectivity index (χ3v) is 9.22. The van der Waals surface area contributed by atoms with Crippen molar-refractivity contribution in [3.63, 3.8) is 0 Å². The van der Waals surface area contributed by atoms with E-state index >= 15 is 0 Å². The Bertz CT molecular complexity index is 1480. The van der Waals surface area contributed by atoms with Crippen molar-refractivity contribution in [2.24, 2.45) is 5.41 Å². The number of aromatic nitrogens is 4. The fraction of sp³-hybridized carbons (Fsp3) is 0.346. The van der Waals surface area contributed by atoms with Crippen LogP contribution < -0.4 is 4.90 Å². The summed E-state index contributed by atoms with van der Waals surface area (Å²) >= 11 is 14.6. The topological polar surface area (TPSA) is 46.8 Å². The van der Waals surface area contributed by atoms with E-state index in [-0.39, 0.29) is 11.2 Å². The molecule has 0 amide bonds. The van der Waals surface area contributed by atoms with E-state index in [1.54, 1.807) is 17.4 Å². The molecule has 3 heterocycles. The van der Waals surface area contributed by atoms with Crippen LogP contribution in [0.1, 0.15) is 49.4 Å². The summed E-state index contributed by atoms with van der Waals surface area (Å²) in [6, 6.07) is 10.7. The van der Waals surface area contributed by atoms with Gasteiger partial charge in [0.25, 0.3) is 0 Å². The lowest BCUT2D eigenvalue weighted by Gasteiger charge is -2.46. The maximum Gasteiger partial charge on any atom is 0.186 e. The molecule has 1 saturated carbocycles. The van der Waals surface area contributed by atoms with Gasteiger partial charge in [-0.05, 0) is 67.4 Å². The quantitative estimate of drug-likeness (QED) is 0.281. The molecule has 2 aromatic heterocycles. The van der Waals surface area contributed by atoms with Gasteiger partial charge in [0.2, 0.25) is 0 Å². The number of anilines is 1. The van der Waals surface area contributed by atoms with Crippen molar-refractivity contribution in [3.8, 4) is 5.69 Å². The van der Waals surface area contributed by atoms with Gasteiger partial charge in [-0.2, -0.15) is 0 Å². The smallest absolute Gasteiger partial charge is 0.186 e. The van der Waals surface area contributed by atoms with Gasteiger partial charge in [-0.3, -0.25) is 0 Å². The van der Waals surface area contributed by atoms with Crippen LogP contribution >= 0.6 is 34.5 Å². The van der Waals surface area contributed by atoms with Crippen molar-refractivity contribution in [2.45, 2.75) is 38.0 Å². The molecular weight excluding hydrogens is 504 g/mol. The molecule has 9 heteroatoms. The number of allylic oxidation sites excluding steroid dienone is 2. The molecular formula is C26H22Cl2FN5S. The zero-order chi connectivity index (χ0) is 23.7. The summed E-state index contributed by atoms with van der Waals surface area (Å²) in [5.41, 5.74) is 4.76. The predicted molar refractivity (Wildman–Crippen MR) is 139 cm³/mol. The number of hydrogen-bond donors (Lipinski definition) is 0. The Morgan fingerprint density at radius 3 is 2.43 bits per heavy atom. The first-order valence-corrected chi connectivity index (χ1v) is 13.5. The summed E-state index contributed by atoms with van der Waals surface area (Å²) in [7, 11) is 0. The molecule has 0 atom stereocenters. The highest BCUT2D eigenvalue weighted by atomic mass is 35.5. The summed E-state index contributed by atoms with van der Waals surface area (Å²) in [5.74, 6) is 0.221. The third kappa shape index (κ3) is 3.59. The van der Waals surface area contributed by atoms with Crippen LogP contribution in [0, 0.1) is 11.2 Å². The van der Waals surface area contributed by atoms with Gasteiger partial charge < -0.3 is 4.90 Å². The summed E-state index contributed by atoms with van der Waals surface area (Å²) in [4.78, 5) is 6.89. The van der Waals surface area contributed by atoms with E-state index in [1.165, 1.54) is 11.6 Å². The van der Waals surface area contributed by atoms with Crippen molar-refractivity contribution < 1.29 is 4.39 Å². The number of piperidine rings is 1. The fourth-order valence-electron chi connectivity index (χ4n) is 5.45. The molecule has 2 fully saturated rings. The SMILES string of the molecule is Fc1cccc2sc(N3CCC4(C=C(c5c(C6CC6)nnn5-c5c(Cl)cccc5Cl)C4)CC3)nc12. The molecule has 35 heavy (non-hydrogen) atoms. The van der Waals surface area contributed by atoms with Gasteiger partial charge in [0, 0.05) is 19.0 Å². The summed E-state index contributed by atoms with van der Waals surface area (Å²) < 4.78 is 16.9. The average Bonchev–Trinajstić information content (AvgIpc) is 3.43. The summed E-state index contributed by atoms with van der Waals surface area (Å²) in [6.07, 6.45) is 7.80. The summed E-state index contributed by atoms with van der Waals surface area (Å²) in [5, 5.41) is 11.1. The number of rotatable bonds is 4. The van der Waals surface area contributed by atoms with Crippen LogP contribution in [-0.4, -0.2) is 33.1 Å². The second-order valence-corrected chi connectivity index (χ2v) is 11.7. The van der Waals surface area contributed by atoms with E-state index in [1.807, 2.05) is 28.9 Å². The van der Waals surface area contributed by atoms with Crippen molar-refractivity contribution >= 4 is 55.5 Å². The van der Waals surface area contributed by atoms with Gasteiger partial charge in [-0.25, -0.2) is 14.1 Å².